The third-order valence-corrected chi connectivity index (χ3v) is 1.93. The van der Waals surface area contributed by atoms with Gasteiger partial charge >= 0.3 is 5.92 Å². The van der Waals surface area contributed by atoms with Gasteiger partial charge in [-0.2, -0.15) is 8.78 Å². The van der Waals surface area contributed by atoms with Crippen LogP contribution in [0.4, 0.5) is 8.78 Å². The molecule has 12 heavy (non-hydrogen) atoms. The Morgan fingerprint density at radius 3 is 2.42 bits per heavy atom. The summed E-state index contributed by atoms with van der Waals surface area (Å²) in [5.74, 6) is -5.17. The Morgan fingerprint density at radius 2 is 2.17 bits per heavy atom. The molecule has 0 bridgehead atoms. The highest BCUT2D eigenvalue weighted by Crippen LogP contribution is 2.31. The van der Waals surface area contributed by atoms with Gasteiger partial charge in [0.05, 0.1) is 0 Å². The van der Waals surface area contributed by atoms with Crippen molar-refractivity contribution < 1.29 is 18.7 Å². The molecule has 0 unspecified atom stereocenters. The van der Waals surface area contributed by atoms with Gasteiger partial charge < -0.3 is 15.7 Å². The van der Waals surface area contributed by atoms with Crippen molar-refractivity contribution in [2.45, 2.75) is 11.5 Å². The zero-order chi connectivity index (χ0) is 9.41. The minimum Gasteiger partial charge on any atom is -0.380 e. The molecule has 0 saturated carbocycles. The molecule has 0 aromatic heterocycles. The number of hydrogen-bond acceptors (Lipinski definition) is 3. The number of halogens is 2. The van der Waals surface area contributed by atoms with Crippen LogP contribution >= 0.6 is 0 Å². The molecular formula is C6H10F2N2O2. The maximum atomic E-state index is 12.9. The molecule has 0 radical (unpaired) electrons. The van der Waals surface area contributed by atoms with E-state index in [1.165, 1.54) is 0 Å². The lowest BCUT2D eigenvalue weighted by molar-refractivity contribution is -0.205. The van der Waals surface area contributed by atoms with Crippen LogP contribution in [-0.4, -0.2) is 42.7 Å². The van der Waals surface area contributed by atoms with Crippen molar-refractivity contribution in [2.24, 2.45) is 0 Å². The summed E-state index contributed by atoms with van der Waals surface area (Å²) in [5, 5.41) is 13.4. The fourth-order valence-corrected chi connectivity index (χ4v) is 0.952. The van der Waals surface area contributed by atoms with Crippen LogP contribution in [0.25, 0.3) is 0 Å². The van der Waals surface area contributed by atoms with Gasteiger partial charge in [0.2, 0.25) is 0 Å². The number of nitrogens with one attached hydrogen (secondary N) is 2. The number of aliphatic hydroxyl groups is 1. The second-order valence-electron chi connectivity index (χ2n) is 2.79. The Balaban J connectivity index is 2.76. The Kier molecular flexibility index (Phi) is 2.05. The van der Waals surface area contributed by atoms with E-state index in [0.29, 0.717) is 0 Å². The molecular weight excluding hydrogens is 170 g/mol. The summed E-state index contributed by atoms with van der Waals surface area (Å²) in [6.07, 6.45) is 0. The molecule has 3 N–H and O–H groups in total. The van der Waals surface area contributed by atoms with Crippen LogP contribution in [0.1, 0.15) is 0 Å². The first kappa shape index (κ1) is 9.34. The van der Waals surface area contributed by atoms with Gasteiger partial charge in [0, 0.05) is 20.1 Å². The molecule has 1 amide bonds. The highest BCUT2D eigenvalue weighted by Gasteiger charge is 2.61. The number of carbonyl (C=O) groups excluding carboxylic acids is 1. The van der Waals surface area contributed by atoms with Gasteiger partial charge in [-0.25, -0.2) is 0 Å². The Labute approximate surface area is 67.9 Å². The number of hydrogen-bond donors (Lipinski definition) is 3. The van der Waals surface area contributed by atoms with Crippen molar-refractivity contribution in [3.8, 4) is 0 Å². The summed E-state index contributed by atoms with van der Waals surface area (Å²) in [6, 6.07) is 0. The maximum Gasteiger partial charge on any atom is 0.354 e. The first-order valence-corrected chi connectivity index (χ1v) is 3.47. The van der Waals surface area contributed by atoms with Crippen LogP contribution in [0.5, 0.6) is 0 Å². The van der Waals surface area contributed by atoms with Crippen LogP contribution < -0.4 is 10.6 Å². The zero-order valence-electron chi connectivity index (χ0n) is 6.53. The second-order valence-corrected chi connectivity index (χ2v) is 2.79. The van der Waals surface area contributed by atoms with Gasteiger partial charge in [0.1, 0.15) is 0 Å². The third-order valence-electron chi connectivity index (χ3n) is 1.93. The van der Waals surface area contributed by atoms with Crippen LogP contribution in [0.2, 0.25) is 0 Å². The molecule has 4 nitrogen and oxygen atoms in total. The average Bonchev–Trinajstić information content (AvgIpc) is 1.98. The molecule has 1 rings (SSSR count). The number of carbonyl (C=O) groups is 1. The summed E-state index contributed by atoms with van der Waals surface area (Å²) in [7, 11) is 1.10. The summed E-state index contributed by atoms with van der Waals surface area (Å²) in [5.41, 5.74) is -2.22. The first-order chi connectivity index (χ1) is 5.44. The number of amides is 1. The van der Waals surface area contributed by atoms with E-state index >= 15 is 0 Å². The van der Waals surface area contributed by atoms with Crippen molar-refractivity contribution in [3.05, 3.63) is 0 Å². The third kappa shape index (κ3) is 1.07. The van der Waals surface area contributed by atoms with Crippen LogP contribution in [0, 0.1) is 0 Å². The predicted molar refractivity (Wildman–Crippen MR) is 36.8 cm³/mol. The molecule has 0 aromatic carbocycles. The molecule has 1 aliphatic rings. The minimum atomic E-state index is -3.72. The number of alkyl halides is 2. The zero-order valence-corrected chi connectivity index (χ0v) is 6.53. The van der Waals surface area contributed by atoms with Crippen molar-refractivity contribution in [3.63, 3.8) is 0 Å². The lowest BCUT2D eigenvalue weighted by atomic mass is 9.89. The largest absolute Gasteiger partial charge is 0.380 e. The minimum absolute atomic E-state index is 0.257. The molecule has 1 fully saturated rings. The standard InChI is InChI=1S/C6H10F2N2O2/c1-9-4(11)6(7,8)5(12)2-10-3-5/h10,12H,2-3H2,1H3,(H,9,11). The first-order valence-electron chi connectivity index (χ1n) is 3.47. The molecule has 70 valence electrons. The highest BCUT2D eigenvalue weighted by molar-refractivity contribution is 5.84. The summed E-state index contributed by atoms with van der Waals surface area (Å²) in [6.45, 7) is -0.513. The molecule has 0 aliphatic carbocycles. The fourth-order valence-electron chi connectivity index (χ4n) is 0.952. The van der Waals surface area contributed by atoms with E-state index < -0.39 is 17.4 Å². The van der Waals surface area contributed by atoms with E-state index in [2.05, 4.69) is 5.32 Å². The Hall–Kier alpha value is -0.750. The van der Waals surface area contributed by atoms with E-state index in [-0.39, 0.29) is 13.1 Å². The monoisotopic (exact) mass is 180 g/mol. The molecule has 1 aliphatic heterocycles. The smallest absolute Gasteiger partial charge is 0.354 e. The van der Waals surface area contributed by atoms with Gasteiger partial charge in [-0.1, -0.05) is 0 Å². The molecule has 6 heteroatoms. The normalized spacial score (nSPS) is 21.3. The molecule has 0 spiro atoms. The fraction of sp³-hybridized carbons (Fsp3) is 0.833. The van der Waals surface area contributed by atoms with Crippen LogP contribution in [-0.2, 0) is 4.79 Å². The molecule has 0 aromatic rings. The number of rotatable bonds is 2. The van der Waals surface area contributed by atoms with E-state index in [9.17, 15) is 13.6 Å². The van der Waals surface area contributed by atoms with E-state index in [1.807, 2.05) is 0 Å². The molecule has 1 heterocycles. The maximum absolute atomic E-state index is 12.9. The van der Waals surface area contributed by atoms with Gasteiger partial charge in [-0.15, -0.1) is 0 Å². The van der Waals surface area contributed by atoms with Crippen LogP contribution in [0.15, 0.2) is 0 Å². The van der Waals surface area contributed by atoms with E-state index in [0.717, 1.165) is 7.05 Å². The Morgan fingerprint density at radius 1 is 1.67 bits per heavy atom. The quantitative estimate of drug-likeness (QED) is 0.495. The summed E-state index contributed by atoms with van der Waals surface area (Å²) >= 11 is 0. The summed E-state index contributed by atoms with van der Waals surface area (Å²) in [4.78, 5) is 10.6. The van der Waals surface area contributed by atoms with Gasteiger partial charge in [-0.3, -0.25) is 4.79 Å². The van der Waals surface area contributed by atoms with Gasteiger partial charge in [0.25, 0.3) is 5.91 Å². The molecule has 0 atom stereocenters. The van der Waals surface area contributed by atoms with Crippen molar-refractivity contribution in [1.82, 2.24) is 10.6 Å². The molecule has 1 saturated heterocycles. The predicted octanol–water partition coefficient (Wildman–Crippen LogP) is -1.30. The number of β-amino-alcohol motifs (C(OH)–C–C–N with tert-alkyl or cyclic N) is 1. The van der Waals surface area contributed by atoms with Crippen molar-refractivity contribution >= 4 is 5.91 Å². The average molecular weight is 180 g/mol. The highest BCUT2D eigenvalue weighted by atomic mass is 19.3. The van der Waals surface area contributed by atoms with Gasteiger partial charge in [0.15, 0.2) is 5.60 Å². The second kappa shape index (κ2) is 2.63. The van der Waals surface area contributed by atoms with Crippen molar-refractivity contribution in [1.29, 1.82) is 0 Å². The van der Waals surface area contributed by atoms with Crippen LogP contribution in [0.3, 0.4) is 0 Å². The Bertz CT molecular complexity index is 204. The lowest BCUT2D eigenvalue weighted by Crippen LogP contribution is -2.72. The van der Waals surface area contributed by atoms with E-state index in [1.54, 1.807) is 5.32 Å². The lowest BCUT2D eigenvalue weighted by Gasteiger charge is -2.41. The SMILES string of the molecule is CNC(=O)C(F)(F)C1(O)CNC1. The summed E-state index contributed by atoms with van der Waals surface area (Å²) < 4.78 is 25.9. The van der Waals surface area contributed by atoms with Gasteiger partial charge in [-0.05, 0) is 0 Å². The topological polar surface area (TPSA) is 61.4 Å². The van der Waals surface area contributed by atoms with E-state index in [4.69, 9.17) is 5.11 Å². The van der Waals surface area contributed by atoms with Crippen molar-refractivity contribution in [2.75, 3.05) is 20.1 Å².